The highest BCUT2D eigenvalue weighted by molar-refractivity contribution is 5.91. The molecule has 6 heteroatoms. The fourth-order valence-electron chi connectivity index (χ4n) is 1.53. The first-order valence-corrected chi connectivity index (χ1v) is 5.81. The van der Waals surface area contributed by atoms with Gasteiger partial charge in [-0.15, -0.1) is 0 Å². The molecule has 1 rings (SSSR count). The van der Waals surface area contributed by atoms with Gasteiger partial charge in [0, 0.05) is 13.0 Å². The molecule has 0 atom stereocenters. The molecule has 0 unspecified atom stereocenters. The molecule has 6 nitrogen and oxygen atoms in total. The Hall–Kier alpha value is -2.55. The number of carboxylic acids is 1. The number of aryl methyl sites for hydroxylation is 1. The highest BCUT2D eigenvalue weighted by Crippen LogP contribution is 2.17. The van der Waals surface area contributed by atoms with Crippen molar-refractivity contribution in [2.45, 2.75) is 19.8 Å². The highest BCUT2D eigenvalue weighted by Gasteiger charge is 2.08. The lowest BCUT2D eigenvalue weighted by Gasteiger charge is -2.09. The number of urea groups is 1. The summed E-state index contributed by atoms with van der Waals surface area (Å²) in [5, 5.41) is 22.6. The third-order valence-corrected chi connectivity index (χ3v) is 2.49. The summed E-state index contributed by atoms with van der Waals surface area (Å²) in [6.07, 6.45) is 0.371. The van der Waals surface area contributed by atoms with E-state index in [2.05, 4.69) is 10.6 Å². The Morgan fingerprint density at radius 3 is 2.79 bits per heavy atom. The number of hydrogen-bond acceptors (Lipinski definition) is 3. The van der Waals surface area contributed by atoms with Crippen molar-refractivity contribution in [2.75, 3.05) is 11.9 Å². The fraction of sp³-hybridized carbons (Fsp3) is 0.308. The van der Waals surface area contributed by atoms with Crippen LogP contribution >= 0.6 is 0 Å². The van der Waals surface area contributed by atoms with Gasteiger partial charge in [0.2, 0.25) is 0 Å². The second-order valence-electron chi connectivity index (χ2n) is 3.99. The van der Waals surface area contributed by atoms with E-state index < -0.39 is 12.0 Å². The molecule has 19 heavy (non-hydrogen) atoms. The molecule has 100 valence electrons. The Balaban J connectivity index is 2.51. The zero-order valence-corrected chi connectivity index (χ0v) is 10.6. The lowest BCUT2D eigenvalue weighted by atomic mass is 10.1. The first-order valence-electron chi connectivity index (χ1n) is 5.81. The van der Waals surface area contributed by atoms with Crippen LogP contribution in [0.5, 0.6) is 0 Å². The Morgan fingerprint density at radius 2 is 2.16 bits per heavy atom. The van der Waals surface area contributed by atoms with Gasteiger partial charge >= 0.3 is 12.0 Å². The number of rotatable bonds is 5. The summed E-state index contributed by atoms with van der Waals surface area (Å²) < 4.78 is 0. The molecule has 0 spiro atoms. The quantitative estimate of drug-likeness (QED) is 0.704. The molecule has 0 aliphatic rings. The molecular weight excluding hydrogens is 246 g/mol. The number of amides is 2. The molecule has 1 aromatic rings. The molecular formula is C13H15N3O3. The van der Waals surface area contributed by atoms with Crippen molar-refractivity contribution in [1.82, 2.24) is 5.32 Å². The zero-order valence-electron chi connectivity index (χ0n) is 10.6. The lowest BCUT2D eigenvalue weighted by molar-refractivity contribution is -0.137. The van der Waals surface area contributed by atoms with Crippen LogP contribution < -0.4 is 10.6 Å². The molecule has 2 amide bonds. The summed E-state index contributed by atoms with van der Waals surface area (Å²) in [6.45, 7) is 2.06. The smallest absolute Gasteiger partial charge is 0.319 e. The summed E-state index contributed by atoms with van der Waals surface area (Å²) in [7, 11) is 0. The van der Waals surface area contributed by atoms with Crippen LogP contribution in [-0.4, -0.2) is 23.7 Å². The molecule has 0 fully saturated rings. The van der Waals surface area contributed by atoms with E-state index in [4.69, 9.17) is 10.4 Å². The van der Waals surface area contributed by atoms with Crippen molar-refractivity contribution in [3.05, 3.63) is 29.3 Å². The van der Waals surface area contributed by atoms with Gasteiger partial charge < -0.3 is 15.7 Å². The van der Waals surface area contributed by atoms with Crippen molar-refractivity contribution >= 4 is 17.7 Å². The molecule has 0 saturated heterocycles. The summed E-state index contributed by atoms with van der Waals surface area (Å²) in [4.78, 5) is 21.8. The second kappa shape index (κ2) is 7.01. The number of aliphatic carboxylic acids is 1. The number of carbonyl (C=O) groups excluding carboxylic acids is 1. The van der Waals surface area contributed by atoms with Gasteiger partial charge in [0.05, 0.1) is 11.3 Å². The van der Waals surface area contributed by atoms with Crippen molar-refractivity contribution in [1.29, 1.82) is 5.26 Å². The van der Waals surface area contributed by atoms with Crippen LogP contribution in [0.2, 0.25) is 0 Å². The van der Waals surface area contributed by atoms with Crippen LogP contribution in [0.3, 0.4) is 0 Å². The van der Waals surface area contributed by atoms with Crippen LogP contribution in [0.25, 0.3) is 0 Å². The van der Waals surface area contributed by atoms with Crippen molar-refractivity contribution < 1.29 is 14.7 Å². The van der Waals surface area contributed by atoms with E-state index in [1.807, 2.05) is 6.07 Å². The topological polar surface area (TPSA) is 102 Å². The van der Waals surface area contributed by atoms with Crippen molar-refractivity contribution in [3.8, 4) is 6.07 Å². The Kier molecular flexibility index (Phi) is 5.35. The standard InChI is InChI=1S/C13H15N3O3/c1-9-4-2-5-11(10(9)8-14)16-13(19)15-7-3-6-12(17)18/h2,4-5H,3,6-7H2,1H3,(H,17,18)(H2,15,16,19). The van der Waals surface area contributed by atoms with Crippen LogP contribution in [0, 0.1) is 18.3 Å². The number of benzene rings is 1. The van der Waals surface area contributed by atoms with E-state index in [-0.39, 0.29) is 13.0 Å². The maximum absolute atomic E-state index is 11.6. The van der Waals surface area contributed by atoms with Crippen molar-refractivity contribution in [3.63, 3.8) is 0 Å². The van der Waals surface area contributed by atoms with Gasteiger partial charge in [-0.3, -0.25) is 4.79 Å². The summed E-state index contributed by atoms with van der Waals surface area (Å²) in [6, 6.07) is 6.75. The largest absolute Gasteiger partial charge is 0.481 e. The van der Waals surface area contributed by atoms with E-state index >= 15 is 0 Å². The molecule has 0 heterocycles. The van der Waals surface area contributed by atoms with Crippen LogP contribution in [0.4, 0.5) is 10.5 Å². The average molecular weight is 261 g/mol. The minimum atomic E-state index is -0.896. The van der Waals surface area contributed by atoms with Gasteiger partial charge in [0.15, 0.2) is 0 Å². The Labute approximate surface area is 111 Å². The van der Waals surface area contributed by atoms with Gasteiger partial charge in [-0.25, -0.2) is 4.79 Å². The number of nitrogens with zero attached hydrogens (tertiary/aromatic N) is 1. The molecule has 0 aromatic heterocycles. The van der Waals surface area contributed by atoms with E-state index in [1.165, 1.54) is 0 Å². The lowest BCUT2D eigenvalue weighted by Crippen LogP contribution is -2.30. The molecule has 1 aromatic carbocycles. The van der Waals surface area contributed by atoms with Crippen molar-refractivity contribution in [2.24, 2.45) is 0 Å². The van der Waals surface area contributed by atoms with Crippen LogP contribution in [0.1, 0.15) is 24.0 Å². The molecule has 0 radical (unpaired) electrons. The van der Waals surface area contributed by atoms with E-state index in [0.29, 0.717) is 17.7 Å². The third kappa shape index (κ3) is 4.68. The molecule has 0 bridgehead atoms. The second-order valence-corrected chi connectivity index (χ2v) is 3.99. The maximum atomic E-state index is 11.6. The predicted octanol–water partition coefficient (Wildman–Crippen LogP) is 1.85. The monoisotopic (exact) mass is 261 g/mol. The first kappa shape index (κ1) is 14.5. The molecule has 0 aliphatic heterocycles. The third-order valence-electron chi connectivity index (χ3n) is 2.49. The Bertz CT molecular complexity index is 520. The molecule has 3 N–H and O–H groups in total. The number of nitrogens with one attached hydrogen (secondary N) is 2. The minimum absolute atomic E-state index is 0.00811. The normalized spacial score (nSPS) is 9.47. The summed E-state index contributed by atoms with van der Waals surface area (Å²) in [5.41, 5.74) is 1.65. The highest BCUT2D eigenvalue weighted by atomic mass is 16.4. The summed E-state index contributed by atoms with van der Waals surface area (Å²) in [5.74, 6) is -0.896. The maximum Gasteiger partial charge on any atom is 0.319 e. The van der Waals surface area contributed by atoms with Gasteiger partial charge in [0.25, 0.3) is 0 Å². The number of anilines is 1. The minimum Gasteiger partial charge on any atom is -0.481 e. The average Bonchev–Trinajstić information content (AvgIpc) is 2.35. The zero-order chi connectivity index (χ0) is 14.3. The predicted molar refractivity (Wildman–Crippen MR) is 69.8 cm³/mol. The number of nitriles is 1. The molecule has 0 aliphatic carbocycles. The van der Waals surface area contributed by atoms with Gasteiger partial charge in [-0.1, -0.05) is 12.1 Å². The van der Waals surface area contributed by atoms with E-state index in [0.717, 1.165) is 5.56 Å². The van der Waals surface area contributed by atoms with Gasteiger partial charge in [-0.2, -0.15) is 5.26 Å². The number of hydrogen-bond donors (Lipinski definition) is 3. The fourth-order valence-corrected chi connectivity index (χ4v) is 1.53. The number of carboxylic acid groups (broad SMARTS) is 1. The van der Waals surface area contributed by atoms with E-state index in [9.17, 15) is 9.59 Å². The van der Waals surface area contributed by atoms with Gasteiger partial charge in [-0.05, 0) is 25.0 Å². The van der Waals surface area contributed by atoms with Crippen LogP contribution in [0.15, 0.2) is 18.2 Å². The van der Waals surface area contributed by atoms with Crippen LogP contribution in [-0.2, 0) is 4.79 Å². The van der Waals surface area contributed by atoms with E-state index in [1.54, 1.807) is 25.1 Å². The van der Waals surface area contributed by atoms with Gasteiger partial charge in [0.1, 0.15) is 6.07 Å². The first-order chi connectivity index (χ1) is 9.04. The SMILES string of the molecule is Cc1cccc(NC(=O)NCCCC(=O)O)c1C#N. The Morgan fingerprint density at radius 1 is 1.42 bits per heavy atom. The summed E-state index contributed by atoms with van der Waals surface area (Å²) >= 11 is 0. The number of carbonyl (C=O) groups is 2. The molecule has 0 saturated carbocycles.